The van der Waals surface area contributed by atoms with Crippen molar-refractivity contribution in [2.24, 2.45) is 0 Å². The van der Waals surface area contributed by atoms with Crippen molar-refractivity contribution in [1.82, 2.24) is 4.98 Å². The van der Waals surface area contributed by atoms with E-state index in [4.69, 9.17) is 17.3 Å². The number of aromatic nitrogens is 1. The number of pyridine rings is 1. The molecule has 8 nitrogen and oxygen atoms in total. The van der Waals surface area contributed by atoms with Gasteiger partial charge < -0.3 is 15.7 Å². The molecule has 0 amide bonds. The molecule has 1 heterocycles. The molecule has 0 unspecified atom stereocenters. The fraction of sp³-hybridized carbons (Fsp3) is 0. The van der Waals surface area contributed by atoms with Crippen LogP contribution in [0.3, 0.4) is 0 Å². The Kier molecular flexibility index (Phi) is 6.05. The van der Waals surface area contributed by atoms with Gasteiger partial charge in [-0.05, 0) is 72.9 Å². The molecule has 0 atom stereocenters. The van der Waals surface area contributed by atoms with Crippen molar-refractivity contribution in [3.8, 4) is 0 Å². The molecular formula is C19H16N4O4S2. The summed E-state index contributed by atoms with van der Waals surface area (Å²) in [7, 11) is -3.75. The molecule has 148 valence electrons. The Balaban J connectivity index is 1.62. The first kappa shape index (κ1) is 20.2. The van der Waals surface area contributed by atoms with Gasteiger partial charge in [0, 0.05) is 17.6 Å². The van der Waals surface area contributed by atoms with Gasteiger partial charge >= 0.3 is 5.97 Å². The minimum Gasteiger partial charge on any atom is -0.478 e. The SMILES string of the molecule is O=C(O)c1ccc(NC(=S)Nc2ccc(S(=O)(=O)Nc3ccccn3)cc2)cc1. The zero-order chi connectivity index (χ0) is 20.9. The number of carboxylic acid groups (broad SMARTS) is 1. The summed E-state index contributed by atoms with van der Waals surface area (Å²) in [6, 6.07) is 17.1. The lowest BCUT2D eigenvalue weighted by Gasteiger charge is -2.12. The Labute approximate surface area is 172 Å². The number of thiocarbonyl (C=S) groups is 1. The second kappa shape index (κ2) is 8.67. The highest BCUT2D eigenvalue weighted by atomic mass is 32.2. The summed E-state index contributed by atoms with van der Waals surface area (Å²) in [4.78, 5) is 14.9. The summed E-state index contributed by atoms with van der Waals surface area (Å²) in [5.74, 6) is -0.779. The standard InChI is InChI=1S/C19H16N4O4S2/c24-18(25)13-4-6-14(7-5-13)21-19(28)22-15-8-10-16(11-9-15)29(26,27)23-17-3-1-2-12-20-17/h1-12H,(H,20,23)(H,24,25)(H2,21,22,28). The maximum atomic E-state index is 12.4. The number of hydrogen-bond donors (Lipinski definition) is 4. The summed E-state index contributed by atoms with van der Waals surface area (Å²) < 4.78 is 27.2. The molecule has 0 aliphatic carbocycles. The smallest absolute Gasteiger partial charge is 0.335 e. The first-order chi connectivity index (χ1) is 13.8. The van der Waals surface area contributed by atoms with Gasteiger partial charge in [0.1, 0.15) is 5.82 Å². The highest BCUT2D eigenvalue weighted by Gasteiger charge is 2.14. The average Bonchev–Trinajstić information content (AvgIpc) is 2.69. The van der Waals surface area contributed by atoms with E-state index >= 15 is 0 Å². The molecule has 0 spiro atoms. The molecule has 2 aromatic carbocycles. The highest BCUT2D eigenvalue weighted by Crippen LogP contribution is 2.17. The lowest BCUT2D eigenvalue weighted by Crippen LogP contribution is -2.19. The van der Waals surface area contributed by atoms with Crippen LogP contribution in [0.15, 0.2) is 77.8 Å². The second-order valence-electron chi connectivity index (χ2n) is 5.81. The van der Waals surface area contributed by atoms with Crippen LogP contribution < -0.4 is 15.4 Å². The largest absolute Gasteiger partial charge is 0.478 e. The quantitative estimate of drug-likeness (QED) is 0.441. The number of aromatic carboxylic acids is 1. The first-order valence-corrected chi connectivity index (χ1v) is 10.2. The van der Waals surface area contributed by atoms with E-state index in [9.17, 15) is 13.2 Å². The van der Waals surface area contributed by atoms with Gasteiger partial charge in [0.05, 0.1) is 10.5 Å². The molecule has 29 heavy (non-hydrogen) atoms. The van der Waals surface area contributed by atoms with Crippen LogP contribution in [-0.4, -0.2) is 29.6 Å². The lowest BCUT2D eigenvalue weighted by molar-refractivity contribution is 0.0697. The summed E-state index contributed by atoms with van der Waals surface area (Å²) in [6.07, 6.45) is 1.49. The average molecular weight is 428 g/mol. The van der Waals surface area contributed by atoms with Crippen molar-refractivity contribution < 1.29 is 18.3 Å². The van der Waals surface area contributed by atoms with Crippen molar-refractivity contribution in [2.45, 2.75) is 4.90 Å². The van der Waals surface area contributed by atoms with E-state index in [2.05, 4.69) is 20.3 Å². The highest BCUT2D eigenvalue weighted by molar-refractivity contribution is 7.92. The van der Waals surface area contributed by atoms with E-state index in [-0.39, 0.29) is 21.4 Å². The zero-order valence-corrected chi connectivity index (χ0v) is 16.5. The van der Waals surface area contributed by atoms with Crippen molar-refractivity contribution in [2.75, 3.05) is 15.4 Å². The van der Waals surface area contributed by atoms with Crippen LogP contribution >= 0.6 is 12.2 Å². The molecule has 3 aromatic rings. The molecule has 0 saturated heterocycles. The number of benzene rings is 2. The number of sulfonamides is 1. The second-order valence-corrected chi connectivity index (χ2v) is 7.90. The van der Waals surface area contributed by atoms with E-state index < -0.39 is 16.0 Å². The van der Waals surface area contributed by atoms with Crippen LogP contribution in [0.4, 0.5) is 17.2 Å². The van der Waals surface area contributed by atoms with Crippen LogP contribution in [-0.2, 0) is 10.0 Å². The number of rotatable bonds is 6. The third kappa shape index (κ3) is 5.50. The third-order valence-corrected chi connectivity index (χ3v) is 5.29. The molecule has 3 rings (SSSR count). The number of anilines is 3. The lowest BCUT2D eigenvalue weighted by atomic mass is 10.2. The molecule has 0 aliphatic rings. The van der Waals surface area contributed by atoms with Gasteiger partial charge in [-0.15, -0.1) is 0 Å². The molecule has 0 bridgehead atoms. The first-order valence-electron chi connectivity index (χ1n) is 8.29. The number of nitrogens with one attached hydrogen (secondary N) is 3. The van der Waals surface area contributed by atoms with Gasteiger partial charge in [0.25, 0.3) is 10.0 Å². The summed E-state index contributed by atoms with van der Waals surface area (Å²) in [5.41, 5.74) is 1.37. The summed E-state index contributed by atoms with van der Waals surface area (Å²) >= 11 is 5.22. The number of carboxylic acids is 1. The Morgan fingerprint density at radius 2 is 1.48 bits per heavy atom. The monoisotopic (exact) mass is 428 g/mol. The molecular weight excluding hydrogens is 412 g/mol. The van der Waals surface area contributed by atoms with Gasteiger partial charge in [0.15, 0.2) is 5.11 Å². The minimum atomic E-state index is -3.75. The van der Waals surface area contributed by atoms with E-state index in [1.807, 2.05) is 0 Å². The predicted octanol–water partition coefficient (Wildman–Crippen LogP) is 3.39. The predicted molar refractivity (Wildman–Crippen MR) is 115 cm³/mol. The molecule has 10 heteroatoms. The van der Waals surface area contributed by atoms with Crippen LogP contribution in [0.1, 0.15) is 10.4 Å². The van der Waals surface area contributed by atoms with E-state index in [0.29, 0.717) is 11.4 Å². The number of nitrogens with zero attached hydrogens (tertiary/aromatic N) is 1. The summed E-state index contributed by atoms with van der Waals surface area (Å²) in [5, 5.41) is 15.0. The molecule has 0 fully saturated rings. The van der Waals surface area contributed by atoms with Crippen LogP contribution in [0.2, 0.25) is 0 Å². The third-order valence-electron chi connectivity index (χ3n) is 3.72. The molecule has 0 aliphatic heterocycles. The number of hydrogen-bond acceptors (Lipinski definition) is 5. The van der Waals surface area contributed by atoms with Crippen LogP contribution in [0.5, 0.6) is 0 Å². The van der Waals surface area contributed by atoms with Gasteiger partial charge in [-0.2, -0.15) is 0 Å². The van der Waals surface area contributed by atoms with E-state index in [1.54, 1.807) is 42.5 Å². The van der Waals surface area contributed by atoms with Gasteiger partial charge in [-0.1, -0.05) is 6.07 Å². The van der Waals surface area contributed by atoms with Gasteiger partial charge in [0.2, 0.25) is 0 Å². The van der Waals surface area contributed by atoms with Crippen LogP contribution in [0, 0.1) is 0 Å². The van der Waals surface area contributed by atoms with Crippen molar-refractivity contribution in [1.29, 1.82) is 0 Å². The fourth-order valence-electron chi connectivity index (χ4n) is 2.33. The van der Waals surface area contributed by atoms with Gasteiger partial charge in [-0.25, -0.2) is 18.2 Å². The Morgan fingerprint density at radius 1 is 0.897 bits per heavy atom. The molecule has 0 saturated carbocycles. The van der Waals surface area contributed by atoms with Crippen LogP contribution in [0.25, 0.3) is 0 Å². The van der Waals surface area contributed by atoms with Crippen molar-refractivity contribution in [3.05, 3.63) is 78.5 Å². The Morgan fingerprint density at radius 3 is 2.00 bits per heavy atom. The van der Waals surface area contributed by atoms with Crippen molar-refractivity contribution >= 4 is 50.5 Å². The maximum Gasteiger partial charge on any atom is 0.335 e. The van der Waals surface area contributed by atoms with E-state index in [1.165, 1.54) is 30.5 Å². The van der Waals surface area contributed by atoms with Crippen molar-refractivity contribution in [3.63, 3.8) is 0 Å². The van der Waals surface area contributed by atoms with E-state index in [0.717, 1.165) is 0 Å². The Bertz CT molecular complexity index is 1120. The minimum absolute atomic E-state index is 0.0804. The number of carbonyl (C=O) groups is 1. The zero-order valence-electron chi connectivity index (χ0n) is 14.9. The normalized spacial score (nSPS) is 10.8. The molecule has 1 aromatic heterocycles. The fourth-order valence-corrected chi connectivity index (χ4v) is 3.57. The molecule has 0 radical (unpaired) electrons. The topological polar surface area (TPSA) is 120 Å². The Hall–Kier alpha value is -3.50. The summed E-state index contributed by atoms with van der Waals surface area (Å²) in [6.45, 7) is 0. The molecule has 4 N–H and O–H groups in total. The maximum absolute atomic E-state index is 12.4. The van der Waals surface area contributed by atoms with Gasteiger partial charge in [-0.3, -0.25) is 4.72 Å².